The summed E-state index contributed by atoms with van der Waals surface area (Å²) < 4.78 is 0. The molecule has 1 amide bonds. The van der Waals surface area contributed by atoms with Crippen LogP contribution in [0.25, 0.3) is 10.9 Å². The number of fused-ring (bicyclic) bond motifs is 1. The fourth-order valence-corrected chi connectivity index (χ4v) is 3.47. The van der Waals surface area contributed by atoms with Crippen LogP contribution in [0.2, 0.25) is 0 Å². The third kappa shape index (κ3) is 2.82. The second-order valence-electron chi connectivity index (χ2n) is 6.67. The van der Waals surface area contributed by atoms with Crippen molar-refractivity contribution in [3.8, 4) is 0 Å². The normalized spacial score (nSPS) is 17.5. The lowest BCUT2D eigenvalue weighted by Crippen LogP contribution is -2.42. The van der Waals surface area contributed by atoms with E-state index in [4.69, 9.17) is 0 Å². The monoisotopic (exact) mass is 284 g/mol. The number of nitrogens with one attached hydrogen (secondary N) is 1. The first-order valence-electron chi connectivity index (χ1n) is 7.93. The highest BCUT2D eigenvalue weighted by Gasteiger charge is 2.34. The zero-order valence-corrected chi connectivity index (χ0v) is 13.0. The molecular formula is C18H24N2O. The van der Waals surface area contributed by atoms with Crippen molar-refractivity contribution < 1.29 is 4.79 Å². The summed E-state index contributed by atoms with van der Waals surface area (Å²) >= 11 is 0. The van der Waals surface area contributed by atoms with Gasteiger partial charge in [0.15, 0.2) is 0 Å². The Labute approximate surface area is 126 Å². The number of H-pyrrole nitrogens is 1. The quantitative estimate of drug-likeness (QED) is 0.908. The summed E-state index contributed by atoms with van der Waals surface area (Å²) in [7, 11) is 0. The molecule has 1 aromatic carbocycles. The Bertz CT molecular complexity index is 641. The first kappa shape index (κ1) is 14.2. The third-order valence-corrected chi connectivity index (χ3v) is 4.71. The molecule has 0 unspecified atom stereocenters. The van der Waals surface area contributed by atoms with Crippen LogP contribution >= 0.6 is 0 Å². The molecule has 3 rings (SSSR count). The molecule has 2 heterocycles. The van der Waals surface area contributed by atoms with E-state index in [9.17, 15) is 4.79 Å². The Kier molecular flexibility index (Phi) is 3.75. The van der Waals surface area contributed by atoms with Crippen molar-refractivity contribution in [1.29, 1.82) is 0 Å². The van der Waals surface area contributed by atoms with Crippen molar-refractivity contribution in [3.05, 3.63) is 36.0 Å². The molecule has 0 saturated carbocycles. The number of hydrogen-bond acceptors (Lipinski definition) is 1. The summed E-state index contributed by atoms with van der Waals surface area (Å²) in [5, 5.41) is 1.28. The molecule has 112 valence electrons. The molecule has 21 heavy (non-hydrogen) atoms. The molecule has 1 N–H and O–H groups in total. The number of aromatic amines is 1. The van der Waals surface area contributed by atoms with Gasteiger partial charge in [-0.05, 0) is 51.2 Å². The van der Waals surface area contributed by atoms with Crippen molar-refractivity contribution in [2.45, 2.75) is 51.5 Å². The standard InChI is InChI=1S/C18H24N2O/c1-18(2)11-6-12-20(18)17(21)10-5-7-14-13-19-16-9-4-3-8-15(14)16/h3-4,8-9,13,19H,5-7,10-12H2,1-2H3. The minimum Gasteiger partial charge on any atom is -0.361 e. The number of likely N-dealkylation sites (tertiary alicyclic amines) is 1. The minimum atomic E-state index is 0.0534. The van der Waals surface area contributed by atoms with Crippen LogP contribution in [0.4, 0.5) is 0 Å². The second-order valence-corrected chi connectivity index (χ2v) is 6.67. The Balaban J connectivity index is 1.58. The lowest BCUT2D eigenvalue weighted by atomic mass is 10.0. The van der Waals surface area contributed by atoms with Crippen LogP contribution < -0.4 is 0 Å². The Morgan fingerprint density at radius 3 is 2.90 bits per heavy atom. The zero-order valence-electron chi connectivity index (χ0n) is 13.0. The van der Waals surface area contributed by atoms with Gasteiger partial charge in [0.1, 0.15) is 0 Å². The fourth-order valence-electron chi connectivity index (χ4n) is 3.47. The number of para-hydroxylation sites is 1. The van der Waals surface area contributed by atoms with Crippen LogP contribution in [0, 0.1) is 0 Å². The summed E-state index contributed by atoms with van der Waals surface area (Å²) in [6.45, 7) is 5.29. The molecule has 3 nitrogen and oxygen atoms in total. The predicted molar refractivity (Wildman–Crippen MR) is 86.3 cm³/mol. The van der Waals surface area contributed by atoms with Gasteiger partial charge in [-0.2, -0.15) is 0 Å². The number of carbonyl (C=O) groups excluding carboxylic acids is 1. The number of carbonyl (C=O) groups is 1. The number of benzene rings is 1. The molecule has 1 aliphatic heterocycles. The van der Waals surface area contributed by atoms with Crippen LogP contribution in [-0.4, -0.2) is 27.9 Å². The SMILES string of the molecule is CC1(C)CCCN1C(=O)CCCc1c[nH]c2ccccc12. The second kappa shape index (κ2) is 5.55. The summed E-state index contributed by atoms with van der Waals surface area (Å²) in [6.07, 6.45) is 6.89. The highest BCUT2D eigenvalue weighted by atomic mass is 16.2. The fraction of sp³-hybridized carbons (Fsp3) is 0.500. The molecule has 1 aromatic heterocycles. The molecule has 0 aliphatic carbocycles. The highest BCUT2D eigenvalue weighted by Crippen LogP contribution is 2.29. The maximum atomic E-state index is 12.4. The number of rotatable bonds is 4. The molecule has 0 spiro atoms. The average Bonchev–Trinajstić information content (AvgIpc) is 3.02. The Morgan fingerprint density at radius 1 is 1.33 bits per heavy atom. The topological polar surface area (TPSA) is 36.1 Å². The third-order valence-electron chi connectivity index (χ3n) is 4.71. The largest absolute Gasteiger partial charge is 0.361 e. The molecule has 1 fully saturated rings. The van der Waals surface area contributed by atoms with E-state index in [1.165, 1.54) is 16.5 Å². The highest BCUT2D eigenvalue weighted by molar-refractivity contribution is 5.83. The van der Waals surface area contributed by atoms with Crippen molar-refractivity contribution in [2.75, 3.05) is 6.54 Å². The van der Waals surface area contributed by atoms with Gasteiger partial charge in [-0.3, -0.25) is 4.79 Å². The van der Waals surface area contributed by atoms with E-state index in [1.807, 2.05) is 6.07 Å². The van der Waals surface area contributed by atoms with Gasteiger partial charge in [-0.25, -0.2) is 0 Å². The summed E-state index contributed by atoms with van der Waals surface area (Å²) in [5.41, 5.74) is 2.55. The molecule has 2 aromatic rings. The minimum absolute atomic E-state index is 0.0534. The molecule has 0 atom stereocenters. The van der Waals surface area contributed by atoms with Gasteiger partial charge in [-0.1, -0.05) is 18.2 Å². The van der Waals surface area contributed by atoms with Gasteiger partial charge in [0.05, 0.1) is 0 Å². The lowest BCUT2D eigenvalue weighted by molar-refractivity contribution is -0.134. The van der Waals surface area contributed by atoms with Crippen LogP contribution in [0.5, 0.6) is 0 Å². The van der Waals surface area contributed by atoms with Crippen molar-refractivity contribution >= 4 is 16.8 Å². The number of aromatic nitrogens is 1. The zero-order chi connectivity index (χ0) is 14.9. The van der Waals surface area contributed by atoms with Crippen LogP contribution in [0.1, 0.15) is 45.1 Å². The van der Waals surface area contributed by atoms with Gasteiger partial charge in [0, 0.05) is 35.6 Å². The van der Waals surface area contributed by atoms with Crippen molar-refractivity contribution in [1.82, 2.24) is 9.88 Å². The number of hydrogen-bond donors (Lipinski definition) is 1. The van der Waals surface area contributed by atoms with Gasteiger partial charge in [-0.15, -0.1) is 0 Å². The van der Waals surface area contributed by atoms with Crippen LogP contribution in [0.3, 0.4) is 0 Å². The van der Waals surface area contributed by atoms with Gasteiger partial charge in [0.2, 0.25) is 5.91 Å². The molecule has 1 saturated heterocycles. The van der Waals surface area contributed by atoms with E-state index >= 15 is 0 Å². The molecule has 1 aliphatic rings. The smallest absolute Gasteiger partial charge is 0.223 e. The van der Waals surface area contributed by atoms with E-state index in [-0.39, 0.29) is 5.54 Å². The number of aryl methyl sites for hydroxylation is 1. The van der Waals surface area contributed by atoms with E-state index < -0.39 is 0 Å². The average molecular weight is 284 g/mol. The van der Waals surface area contributed by atoms with Gasteiger partial charge in [0.25, 0.3) is 0 Å². The molecular weight excluding hydrogens is 260 g/mol. The summed E-state index contributed by atoms with van der Waals surface area (Å²) in [6, 6.07) is 8.35. The maximum absolute atomic E-state index is 12.4. The van der Waals surface area contributed by atoms with Crippen molar-refractivity contribution in [3.63, 3.8) is 0 Å². The van der Waals surface area contributed by atoms with Gasteiger partial charge >= 0.3 is 0 Å². The van der Waals surface area contributed by atoms with E-state index in [2.05, 4.69) is 48.1 Å². The Hall–Kier alpha value is -1.77. The van der Waals surface area contributed by atoms with E-state index in [0.29, 0.717) is 12.3 Å². The van der Waals surface area contributed by atoms with E-state index in [0.717, 1.165) is 32.2 Å². The lowest BCUT2D eigenvalue weighted by Gasteiger charge is -2.31. The van der Waals surface area contributed by atoms with Crippen molar-refractivity contribution in [2.24, 2.45) is 0 Å². The summed E-state index contributed by atoms with van der Waals surface area (Å²) in [4.78, 5) is 17.7. The number of amides is 1. The van der Waals surface area contributed by atoms with Crippen LogP contribution in [0.15, 0.2) is 30.5 Å². The first-order chi connectivity index (χ1) is 10.1. The summed E-state index contributed by atoms with van der Waals surface area (Å²) in [5.74, 6) is 0.317. The first-order valence-corrected chi connectivity index (χ1v) is 7.93. The van der Waals surface area contributed by atoms with Crippen LogP contribution in [-0.2, 0) is 11.2 Å². The van der Waals surface area contributed by atoms with Gasteiger partial charge < -0.3 is 9.88 Å². The molecule has 0 bridgehead atoms. The number of nitrogens with zero attached hydrogens (tertiary/aromatic N) is 1. The molecule has 3 heteroatoms. The Morgan fingerprint density at radius 2 is 2.14 bits per heavy atom. The maximum Gasteiger partial charge on any atom is 0.223 e. The molecule has 0 radical (unpaired) electrons. The predicted octanol–water partition coefficient (Wildman–Crippen LogP) is 3.89. The van der Waals surface area contributed by atoms with E-state index in [1.54, 1.807) is 0 Å².